The maximum Gasteiger partial charge on any atom is 0.307 e. The third kappa shape index (κ3) is 6.35. The molecule has 25 heavy (non-hydrogen) atoms. The summed E-state index contributed by atoms with van der Waals surface area (Å²) in [6.45, 7) is 7.77. The third-order valence-corrected chi connectivity index (χ3v) is 4.17. The Morgan fingerprint density at radius 3 is 2.32 bits per heavy atom. The molecule has 0 spiro atoms. The standard InChI is InChI=1S/C20H29NO4/c1-15(2)17-9-6-16(7-10-17)8-11-18(23)21(20(3,4)14-22)13-12-19(24)25-5/h6-11,15,22H,12-14H2,1-5H3/b11-8+. The molecule has 138 valence electrons. The number of ether oxygens (including phenoxy) is 1. The van der Waals surface area contributed by atoms with Crippen molar-refractivity contribution in [3.63, 3.8) is 0 Å². The van der Waals surface area contributed by atoms with Gasteiger partial charge in [-0.2, -0.15) is 0 Å². The molecular formula is C20H29NO4. The Hall–Kier alpha value is -2.14. The predicted molar refractivity (Wildman–Crippen MR) is 99.1 cm³/mol. The molecule has 0 bridgehead atoms. The van der Waals surface area contributed by atoms with Crippen LogP contribution in [0.25, 0.3) is 6.08 Å². The Balaban J connectivity index is 2.87. The molecule has 5 nitrogen and oxygen atoms in total. The van der Waals surface area contributed by atoms with Gasteiger partial charge in [0, 0.05) is 12.6 Å². The average Bonchev–Trinajstić information content (AvgIpc) is 2.59. The average molecular weight is 347 g/mol. The van der Waals surface area contributed by atoms with Crippen LogP contribution in [0.1, 0.15) is 51.2 Å². The number of hydrogen-bond donors (Lipinski definition) is 1. The first-order chi connectivity index (χ1) is 11.7. The minimum atomic E-state index is -0.767. The third-order valence-electron chi connectivity index (χ3n) is 4.17. The van der Waals surface area contributed by atoms with Crippen molar-refractivity contribution >= 4 is 18.0 Å². The molecular weight excluding hydrogens is 318 g/mol. The maximum atomic E-state index is 12.6. The lowest BCUT2D eigenvalue weighted by Gasteiger charge is -2.36. The van der Waals surface area contributed by atoms with Crippen molar-refractivity contribution < 1.29 is 19.4 Å². The van der Waals surface area contributed by atoms with Crippen molar-refractivity contribution in [2.45, 2.75) is 45.6 Å². The molecule has 0 unspecified atom stereocenters. The summed E-state index contributed by atoms with van der Waals surface area (Å²) < 4.78 is 4.63. The predicted octanol–water partition coefficient (Wildman–Crippen LogP) is 2.99. The zero-order valence-corrected chi connectivity index (χ0v) is 15.8. The summed E-state index contributed by atoms with van der Waals surface area (Å²) in [6, 6.07) is 8.02. The molecule has 0 aliphatic carbocycles. The number of amides is 1. The number of rotatable bonds is 8. The Bertz CT molecular complexity index is 603. The molecule has 0 radical (unpaired) electrons. The van der Waals surface area contributed by atoms with Gasteiger partial charge in [0.15, 0.2) is 0 Å². The Labute approximate surface area is 150 Å². The number of nitrogens with zero attached hydrogens (tertiary/aromatic N) is 1. The molecule has 0 aliphatic rings. The zero-order chi connectivity index (χ0) is 19.0. The minimum absolute atomic E-state index is 0.0859. The number of carbonyl (C=O) groups is 2. The van der Waals surface area contributed by atoms with Gasteiger partial charge in [-0.25, -0.2) is 0 Å². The van der Waals surface area contributed by atoms with Gasteiger partial charge in [0.25, 0.3) is 0 Å². The Morgan fingerprint density at radius 1 is 1.24 bits per heavy atom. The molecule has 1 rings (SSSR count). The first-order valence-corrected chi connectivity index (χ1v) is 8.48. The van der Waals surface area contributed by atoms with Crippen LogP contribution in [0.2, 0.25) is 0 Å². The van der Waals surface area contributed by atoms with E-state index in [2.05, 4.69) is 18.6 Å². The van der Waals surface area contributed by atoms with Gasteiger partial charge in [-0.05, 0) is 37.0 Å². The van der Waals surface area contributed by atoms with E-state index in [1.807, 2.05) is 24.3 Å². The monoisotopic (exact) mass is 347 g/mol. The Morgan fingerprint density at radius 2 is 1.84 bits per heavy atom. The van der Waals surface area contributed by atoms with Crippen molar-refractivity contribution in [3.05, 3.63) is 41.5 Å². The van der Waals surface area contributed by atoms with E-state index < -0.39 is 5.54 Å². The van der Waals surface area contributed by atoms with Crippen LogP contribution in [0, 0.1) is 0 Å². The van der Waals surface area contributed by atoms with Crippen LogP contribution < -0.4 is 0 Å². The van der Waals surface area contributed by atoms with E-state index in [9.17, 15) is 14.7 Å². The second-order valence-corrected chi connectivity index (χ2v) is 6.94. The minimum Gasteiger partial charge on any atom is -0.469 e. The second kappa shape index (κ2) is 9.37. The molecule has 5 heteroatoms. The summed E-state index contributed by atoms with van der Waals surface area (Å²) in [6.07, 6.45) is 3.30. The second-order valence-electron chi connectivity index (χ2n) is 6.94. The van der Waals surface area contributed by atoms with E-state index >= 15 is 0 Å². The van der Waals surface area contributed by atoms with Gasteiger partial charge in [0.05, 0.1) is 25.7 Å². The van der Waals surface area contributed by atoms with E-state index in [1.54, 1.807) is 19.9 Å². The number of hydrogen-bond acceptors (Lipinski definition) is 4. The topological polar surface area (TPSA) is 66.8 Å². The molecule has 1 aromatic carbocycles. The van der Waals surface area contributed by atoms with Crippen molar-refractivity contribution in [1.29, 1.82) is 0 Å². The SMILES string of the molecule is COC(=O)CCN(C(=O)/C=C/c1ccc(C(C)C)cc1)C(C)(C)CO. The number of esters is 1. The summed E-state index contributed by atoms with van der Waals surface area (Å²) in [5, 5.41) is 9.57. The van der Waals surface area contributed by atoms with Crippen LogP contribution in [0.4, 0.5) is 0 Å². The molecule has 0 aromatic heterocycles. The molecule has 1 aromatic rings. The molecule has 0 saturated heterocycles. The lowest BCUT2D eigenvalue weighted by molar-refractivity contribution is -0.142. The summed E-state index contributed by atoms with van der Waals surface area (Å²) in [5.41, 5.74) is 1.40. The van der Waals surface area contributed by atoms with Crippen LogP contribution in [0.15, 0.2) is 30.3 Å². The van der Waals surface area contributed by atoms with Crippen molar-refractivity contribution in [3.8, 4) is 0 Å². The fourth-order valence-corrected chi connectivity index (χ4v) is 2.35. The van der Waals surface area contributed by atoms with Gasteiger partial charge in [-0.15, -0.1) is 0 Å². The highest BCUT2D eigenvalue weighted by Gasteiger charge is 2.29. The smallest absolute Gasteiger partial charge is 0.307 e. The lowest BCUT2D eigenvalue weighted by Crippen LogP contribution is -2.50. The fraction of sp³-hybridized carbons (Fsp3) is 0.500. The number of aliphatic hydroxyl groups excluding tert-OH is 1. The lowest BCUT2D eigenvalue weighted by atomic mass is 10.0. The quantitative estimate of drug-likeness (QED) is 0.580. The van der Waals surface area contributed by atoms with Gasteiger partial charge in [-0.3, -0.25) is 9.59 Å². The molecule has 0 fully saturated rings. The Kier molecular flexibility index (Phi) is 7.84. The van der Waals surface area contributed by atoms with Crippen molar-refractivity contribution in [2.75, 3.05) is 20.3 Å². The fourth-order valence-electron chi connectivity index (χ4n) is 2.35. The van der Waals surface area contributed by atoms with Gasteiger partial charge >= 0.3 is 5.97 Å². The molecule has 0 heterocycles. The summed E-state index contributed by atoms with van der Waals surface area (Å²) >= 11 is 0. The van der Waals surface area contributed by atoms with E-state index in [0.717, 1.165) is 5.56 Å². The van der Waals surface area contributed by atoms with Gasteiger partial charge in [-0.1, -0.05) is 38.1 Å². The molecule has 0 aliphatic heterocycles. The summed E-state index contributed by atoms with van der Waals surface area (Å²) in [7, 11) is 1.31. The highest BCUT2D eigenvalue weighted by atomic mass is 16.5. The summed E-state index contributed by atoms with van der Waals surface area (Å²) in [5.74, 6) is -0.186. The number of benzene rings is 1. The van der Waals surface area contributed by atoms with Gasteiger partial charge in [0.2, 0.25) is 5.91 Å². The molecule has 0 atom stereocenters. The van der Waals surface area contributed by atoms with Gasteiger partial charge in [0.1, 0.15) is 0 Å². The van der Waals surface area contributed by atoms with Gasteiger partial charge < -0.3 is 14.7 Å². The van der Waals surface area contributed by atoms with Crippen LogP contribution in [-0.2, 0) is 14.3 Å². The molecule has 0 saturated carbocycles. The first-order valence-electron chi connectivity index (χ1n) is 8.48. The highest BCUT2D eigenvalue weighted by molar-refractivity contribution is 5.92. The van der Waals surface area contributed by atoms with Crippen molar-refractivity contribution in [1.82, 2.24) is 4.90 Å². The molecule has 1 amide bonds. The molecule has 1 N–H and O–H groups in total. The van der Waals surface area contributed by atoms with Crippen LogP contribution in [0.3, 0.4) is 0 Å². The van der Waals surface area contributed by atoms with E-state index in [-0.39, 0.29) is 31.4 Å². The number of methoxy groups -OCH3 is 1. The highest BCUT2D eigenvalue weighted by Crippen LogP contribution is 2.17. The van der Waals surface area contributed by atoms with Crippen LogP contribution in [0.5, 0.6) is 0 Å². The van der Waals surface area contributed by atoms with Crippen LogP contribution >= 0.6 is 0 Å². The number of carbonyl (C=O) groups excluding carboxylic acids is 2. The normalized spacial score (nSPS) is 11.8. The largest absolute Gasteiger partial charge is 0.469 e. The first kappa shape index (κ1) is 20.9. The van der Waals surface area contributed by atoms with E-state index in [0.29, 0.717) is 5.92 Å². The van der Waals surface area contributed by atoms with E-state index in [4.69, 9.17) is 0 Å². The maximum absolute atomic E-state index is 12.6. The van der Waals surface area contributed by atoms with Crippen molar-refractivity contribution in [2.24, 2.45) is 0 Å². The summed E-state index contributed by atoms with van der Waals surface area (Å²) in [4.78, 5) is 25.4. The zero-order valence-electron chi connectivity index (χ0n) is 15.8. The van der Waals surface area contributed by atoms with Crippen LogP contribution in [-0.4, -0.2) is 47.7 Å². The van der Waals surface area contributed by atoms with E-state index in [1.165, 1.54) is 23.6 Å². The number of aliphatic hydroxyl groups is 1.